The smallest absolute Gasteiger partial charge is 0.357 e. The maximum atomic E-state index is 12.4. The number of hydrogen-bond donors (Lipinski definition) is 4. The lowest BCUT2D eigenvalue weighted by Crippen LogP contribution is -2.53. The lowest BCUT2D eigenvalue weighted by molar-refractivity contribution is -0.126. The van der Waals surface area contributed by atoms with Crippen LogP contribution in [0.2, 0.25) is 0 Å². The molecule has 1 atom stereocenters. The van der Waals surface area contributed by atoms with Gasteiger partial charge in [0, 0.05) is 23.7 Å². The topological polar surface area (TPSA) is 167 Å². The summed E-state index contributed by atoms with van der Waals surface area (Å²) in [5.74, 6) is -1.01. The highest BCUT2D eigenvalue weighted by Crippen LogP contribution is 2.25. The van der Waals surface area contributed by atoms with Gasteiger partial charge in [-0.3, -0.25) is 24.6 Å². The standard InChI is InChI=1S/C19H23N5O7S.C4H10/c1-31-15-5-3-4-13-12(15)8-14(22-13)18(27)21-9-16(25)23-24(19(28)32(2,29)30)10-11-6-7-20-17(11)26;1-4(2)3/h3-5,8,11,22H,6-7,9-10H2,1-2H3,(H,20,26)(H,21,27)(H,23,25);4H,1-3H3/t11-;/m0./s1. The molecule has 2 aromatic rings. The first-order chi connectivity index (χ1) is 16.8. The molecule has 1 aromatic heterocycles. The van der Waals surface area contributed by atoms with Crippen LogP contribution in [-0.4, -0.2) is 74.4 Å². The number of benzene rings is 1. The SMILES string of the molecule is CC(C)C.COc1cccc2[nH]c(C(=O)NCC(=O)NN(C[C@@H]3CCNC3=O)C(=O)S(C)(=O)=O)cc12. The Morgan fingerprint density at radius 3 is 2.44 bits per heavy atom. The largest absolute Gasteiger partial charge is 0.496 e. The Labute approximate surface area is 210 Å². The summed E-state index contributed by atoms with van der Waals surface area (Å²) in [5, 5.41) is 4.90. The van der Waals surface area contributed by atoms with E-state index >= 15 is 0 Å². The van der Waals surface area contributed by atoms with Crippen molar-refractivity contribution in [1.82, 2.24) is 26.1 Å². The van der Waals surface area contributed by atoms with Gasteiger partial charge in [0.15, 0.2) is 0 Å². The lowest BCUT2D eigenvalue weighted by atomic mass is 10.1. The third-order valence-corrected chi connectivity index (χ3v) is 5.72. The fraction of sp³-hybridized carbons (Fsp3) is 0.478. The van der Waals surface area contributed by atoms with E-state index in [1.165, 1.54) is 7.11 Å². The summed E-state index contributed by atoms with van der Waals surface area (Å²) >= 11 is 0. The minimum absolute atomic E-state index is 0.184. The minimum Gasteiger partial charge on any atom is -0.496 e. The number of aromatic amines is 1. The molecule has 1 saturated heterocycles. The minimum atomic E-state index is -4.17. The molecule has 198 valence electrons. The average Bonchev–Trinajstić information content (AvgIpc) is 3.41. The molecule has 0 radical (unpaired) electrons. The zero-order valence-corrected chi connectivity index (χ0v) is 21.8. The molecule has 3 rings (SSSR count). The van der Waals surface area contributed by atoms with Gasteiger partial charge in [-0.05, 0) is 30.5 Å². The number of sulfone groups is 1. The quantitative estimate of drug-likeness (QED) is 0.413. The summed E-state index contributed by atoms with van der Waals surface area (Å²) in [6, 6.07) is 6.82. The summed E-state index contributed by atoms with van der Waals surface area (Å²) in [5.41, 5.74) is 3.01. The number of methoxy groups -OCH3 is 1. The van der Waals surface area contributed by atoms with Gasteiger partial charge < -0.3 is 20.4 Å². The van der Waals surface area contributed by atoms with Crippen LogP contribution in [0.5, 0.6) is 5.75 Å². The number of aromatic nitrogens is 1. The molecule has 4 N–H and O–H groups in total. The van der Waals surface area contributed by atoms with Crippen LogP contribution in [0.1, 0.15) is 37.7 Å². The second-order valence-electron chi connectivity index (χ2n) is 8.98. The lowest BCUT2D eigenvalue weighted by Gasteiger charge is -2.24. The van der Waals surface area contributed by atoms with Gasteiger partial charge in [-0.1, -0.05) is 26.8 Å². The van der Waals surface area contributed by atoms with Crippen molar-refractivity contribution < 1.29 is 32.3 Å². The van der Waals surface area contributed by atoms with Crippen LogP contribution < -0.4 is 20.8 Å². The second-order valence-corrected chi connectivity index (χ2v) is 10.9. The van der Waals surface area contributed by atoms with Gasteiger partial charge in [0.1, 0.15) is 11.4 Å². The number of nitrogens with one attached hydrogen (secondary N) is 4. The van der Waals surface area contributed by atoms with E-state index in [1.54, 1.807) is 24.3 Å². The second kappa shape index (κ2) is 12.4. The van der Waals surface area contributed by atoms with Gasteiger partial charge in [-0.15, -0.1) is 0 Å². The molecule has 0 aliphatic carbocycles. The average molecular weight is 524 g/mol. The number of H-pyrrole nitrogens is 1. The van der Waals surface area contributed by atoms with Gasteiger partial charge in [0.25, 0.3) is 11.8 Å². The first-order valence-electron chi connectivity index (χ1n) is 11.4. The number of carbonyl (C=O) groups excluding carboxylic acids is 4. The van der Waals surface area contributed by atoms with E-state index in [-0.39, 0.29) is 18.1 Å². The highest BCUT2D eigenvalue weighted by atomic mass is 32.2. The van der Waals surface area contributed by atoms with Crippen molar-refractivity contribution in [3.05, 3.63) is 30.0 Å². The van der Waals surface area contributed by atoms with Crippen molar-refractivity contribution in [2.24, 2.45) is 11.8 Å². The number of rotatable bonds is 6. The maximum absolute atomic E-state index is 12.4. The van der Waals surface area contributed by atoms with Crippen molar-refractivity contribution in [3.8, 4) is 5.75 Å². The predicted molar refractivity (Wildman–Crippen MR) is 134 cm³/mol. The number of hydrazine groups is 1. The van der Waals surface area contributed by atoms with Crippen LogP contribution in [0.25, 0.3) is 10.9 Å². The number of ether oxygens (including phenoxy) is 1. The van der Waals surface area contributed by atoms with Crippen LogP contribution in [0.4, 0.5) is 4.79 Å². The molecule has 1 fully saturated rings. The molecular weight excluding hydrogens is 490 g/mol. The third-order valence-electron chi connectivity index (χ3n) is 4.86. The fourth-order valence-electron chi connectivity index (χ4n) is 3.28. The van der Waals surface area contributed by atoms with Crippen LogP contribution in [0.15, 0.2) is 24.3 Å². The van der Waals surface area contributed by atoms with Crippen molar-refractivity contribution >= 4 is 43.7 Å². The summed E-state index contributed by atoms with van der Waals surface area (Å²) in [6.45, 7) is 6.05. The van der Waals surface area contributed by atoms with Crippen LogP contribution in [0, 0.1) is 11.8 Å². The van der Waals surface area contributed by atoms with Crippen molar-refractivity contribution in [1.29, 1.82) is 0 Å². The summed E-state index contributed by atoms with van der Waals surface area (Å²) in [4.78, 5) is 51.6. The van der Waals surface area contributed by atoms with Crippen LogP contribution >= 0.6 is 0 Å². The van der Waals surface area contributed by atoms with E-state index in [2.05, 4.69) is 41.8 Å². The van der Waals surface area contributed by atoms with Crippen LogP contribution in [0.3, 0.4) is 0 Å². The zero-order chi connectivity index (χ0) is 27.0. The third kappa shape index (κ3) is 7.97. The van der Waals surface area contributed by atoms with Gasteiger partial charge in [-0.25, -0.2) is 13.4 Å². The molecule has 1 aliphatic heterocycles. The molecule has 0 unspecified atom stereocenters. The Hall–Kier alpha value is -3.61. The molecule has 0 spiro atoms. The number of carbonyl (C=O) groups is 4. The molecule has 1 aromatic carbocycles. The fourth-order valence-corrected chi connectivity index (χ4v) is 3.80. The highest BCUT2D eigenvalue weighted by Gasteiger charge is 2.32. The summed E-state index contributed by atoms with van der Waals surface area (Å²) < 4.78 is 28.6. The van der Waals surface area contributed by atoms with Gasteiger partial charge in [0.05, 0.1) is 26.1 Å². The first-order valence-corrected chi connectivity index (χ1v) is 13.2. The molecule has 13 heteroatoms. The molecule has 0 saturated carbocycles. The van der Waals surface area contributed by atoms with Crippen LogP contribution in [-0.2, 0) is 19.4 Å². The van der Waals surface area contributed by atoms with E-state index in [0.717, 1.165) is 5.92 Å². The zero-order valence-electron chi connectivity index (χ0n) is 21.0. The summed E-state index contributed by atoms with van der Waals surface area (Å²) in [6.07, 6.45) is 1.10. The van der Waals surface area contributed by atoms with E-state index in [1.807, 2.05) is 0 Å². The molecule has 12 nitrogen and oxygen atoms in total. The molecule has 0 bridgehead atoms. The van der Waals surface area contributed by atoms with E-state index in [9.17, 15) is 27.6 Å². The monoisotopic (exact) mass is 523 g/mol. The van der Waals surface area contributed by atoms with Gasteiger partial charge >= 0.3 is 5.24 Å². The van der Waals surface area contributed by atoms with Crippen molar-refractivity contribution in [3.63, 3.8) is 0 Å². The predicted octanol–water partition coefficient (Wildman–Crippen LogP) is 1.20. The van der Waals surface area contributed by atoms with E-state index in [0.29, 0.717) is 40.9 Å². The maximum Gasteiger partial charge on any atom is 0.357 e. The Morgan fingerprint density at radius 2 is 1.89 bits per heavy atom. The normalized spacial score (nSPS) is 15.1. The van der Waals surface area contributed by atoms with Gasteiger partial charge in [0.2, 0.25) is 15.7 Å². The number of fused-ring (bicyclic) bond motifs is 1. The Balaban J connectivity index is 0.00000106. The number of hydrogen-bond acceptors (Lipinski definition) is 7. The Kier molecular flexibility index (Phi) is 9.84. The first kappa shape index (κ1) is 28.6. The molecule has 2 heterocycles. The summed E-state index contributed by atoms with van der Waals surface area (Å²) in [7, 11) is -2.66. The number of nitrogens with zero attached hydrogens (tertiary/aromatic N) is 1. The van der Waals surface area contributed by atoms with Crippen molar-refractivity contribution in [2.75, 3.05) is 33.0 Å². The molecule has 1 aliphatic rings. The number of amides is 4. The van der Waals surface area contributed by atoms with Crippen molar-refractivity contribution in [2.45, 2.75) is 27.2 Å². The molecule has 36 heavy (non-hydrogen) atoms. The van der Waals surface area contributed by atoms with E-state index in [4.69, 9.17) is 4.74 Å². The Bertz CT molecular complexity index is 1220. The highest BCUT2D eigenvalue weighted by molar-refractivity contribution is 8.05. The molecule has 4 amide bonds. The molecular formula is C23H33N5O7S. The van der Waals surface area contributed by atoms with Gasteiger partial charge in [-0.2, -0.15) is 0 Å². The Morgan fingerprint density at radius 1 is 1.22 bits per heavy atom. The van der Waals surface area contributed by atoms with E-state index < -0.39 is 39.4 Å².